The fourth-order valence-corrected chi connectivity index (χ4v) is 3.18. The molecule has 28 heavy (non-hydrogen) atoms. The van der Waals surface area contributed by atoms with Gasteiger partial charge < -0.3 is 9.47 Å². The van der Waals surface area contributed by atoms with Gasteiger partial charge in [-0.05, 0) is 24.5 Å². The van der Waals surface area contributed by atoms with Crippen molar-refractivity contribution in [3.63, 3.8) is 0 Å². The molecule has 0 saturated heterocycles. The zero-order valence-electron chi connectivity index (χ0n) is 14.3. The number of fused-ring (bicyclic) bond motifs is 1. The van der Waals surface area contributed by atoms with E-state index in [1.165, 1.54) is 4.90 Å². The highest BCUT2D eigenvalue weighted by Crippen LogP contribution is 2.40. The van der Waals surface area contributed by atoms with Gasteiger partial charge in [-0.2, -0.15) is 12.7 Å². The molecule has 0 bridgehead atoms. The Labute approximate surface area is 160 Å². The van der Waals surface area contributed by atoms with Crippen molar-refractivity contribution in [2.24, 2.45) is 0 Å². The van der Waals surface area contributed by atoms with E-state index in [1.54, 1.807) is 0 Å². The molecule has 0 aliphatic carbocycles. The minimum Gasteiger partial charge on any atom is -0.333 e. The number of hydrogen-bond acceptors (Lipinski definition) is 4. The predicted molar refractivity (Wildman–Crippen MR) is 87.3 cm³/mol. The Kier molecular flexibility index (Phi) is 5.87. The highest BCUT2D eigenvalue weighted by Gasteiger charge is 2.41. The Morgan fingerprint density at radius 1 is 1.11 bits per heavy atom. The van der Waals surface area contributed by atoms with Crippen LogP contribution >= 0.6 is 12.1 Å². The highest BCUT2D eigenvalue weighted by atomic mass is 32.2. The van der Waals surface area contributed by atoms with Gasteiger partial charge in [0.05, 0.1) is 6.54 Å². The topological polar surface area (TPSA) is 51.0 Å². The molecule has 3 rings (SSSR count). The van der Waals surface area contributed by atoms with Crippen molar-refractivity contribution in [1.82, 2.24) is 19.7 Å². The van der Waals surface area contributed by atoms with Crippen LogP contribution in [0.4, 0.5) is 25.8 Å². The van der Waals surface area contributed by atoms with Crippen LogP contribution in [-0.2, 0) is 29.6 Å². The predicted octanol–water partition coefficient (Wildman–Crippen LogP) is 3.73. The molecule has 1 aliphatic heterocycles. The molecule has 0 atom stereocenters. The Morgan fingerprint density at radius 3 is 2.54 bits per heavy atom. The largest absolute Gasteiger partial charge is 0.381 e. The van der Waals surface area contributed by atoms with E-state index in [1.807, 2.05) is 0 Å². The standard InChI is InChI=1S/C16H14F6N4OS/c17-10-7-12(19)11(18)6-9(10)2-1-3-14(27)25-4-5-26-13(8-25)23-24-15(26)16(20,21)28-22/h6-7H,1-5,8H2. The van der Waals surface area contributed by atoms with Crippen molar-refractivity contribution >= 4 is 18.1 Å². The van der Waals surface area contributed by atoms with Crippen molar-refractivity contribution in [3.8, 4) is 0 Å². The third kappa shape index (κ3) is 4.10. The van der Waals surface area contributed by atoms with Crippen molar-refractivity contribution in [2.75, 3.05) is 6.54 Å². The number of carbonyl (C=O) groups is 1. The van der Waals surface area contributed by atoms with E-state index >= 15 is 0 Å². The van der Waals surface area contributed by atoms with Gasteiger partial charge in [-0.1, -0.05) is 0 Å². The Morgan fingerprint density at radius 2 is 1.82 bits per heavy atom. The molecule has 0 spiro atoms. The highest BCUT2D eigenvalue weighted by molar-refractivity contribution is 7.94. The Bertz CT molecular complexity index is 890. The van der Waals surface area contributed by atoms with E-state index in [9.17, 15) is 30.6 Å². The van der Waals surface area contributed by atoms with Gasteiger partial charge in [0.2, 0.25) is 11.7 Å². The lowest BCUT2D eigenvalue weighted by atomic mass is 10.1. The normalized spacial score (nSPS) is 14.3. The van der Waals surface area contributed by atoms with E-state index in [0.717, 1.165) is 10.6 Å². The lowest BCUT2D eigenvalue weighted by Crippen LogP contribution is -2.39. The van der Waals surface area contributed by atoms with Crippen LogP contribution in [0.25, 0.3) is 0 Å². The third-order valence-electron chi connectivity index (χ3n) is 4.39. The summed E-state index contributed by atoms with van der Waals surface area (Å²) in [5, 5.41) is 3.08. The number of carbonyl (C=O) groups excluding carboxylic acids is 1. The fraction of sp³-hybridized carbons (Fsp3) is 0.438. The quantitative estimate of drug-likeness (QED) is 0.524. The summed E-state index contributed by atoms with van der Waals surface area (Å²) in [6, 6.07) is 1.20. The SMILES string of the molecule is O=C(CCCc1cc(F)c(F)cc1F)N1CCn2c(nnc2C(F)(F)SF)C1. The molecule has 152 valence electrons. The van der Waals surface area contributed by atoms with Crippen LogP contribution in [0.2, 0.25) is 0 Å². The maximum Gasteiger partial charge on any atom is 0.381 e. The Balaban J connectivity index is 1.58. The van der Waals surface area contributed by atoms with Gasteiger partial charge in [0.1, 0.15) is 18.0 Å². The number of nitrogens with zero attached hydrogens (tertiary/aromatic N) is 4. The fourth-order valence-electron chi connectivity index (χ4n) is 2.96. The van der Waals surface area contributed by atoms with Crippen LogP contribution in [0.3, 0.4) is 0 Å². The number of rotatable bonds is 6. The second-order valence-corrected chi connectivity index (χ2v) is 6.88. The molecule has 0 fully saturated rings. The lowest BCUT2D eigenvalue weighted by Gasteiger charge is -2.28. The summed E-state index contributed by atoms with van der Waals surface area (Å²) < 4.78 is 80.1. The minimum absolute atomic E-state index is 0.00405. The second-order valence-electron chi connectivity index (χ2n) is 6.21. The van der Waals surface area contributed by atoms with Gasteiger partial charge >= 0.3 is 5.25 Å². The number of aromatic nitrogens is 3. The molecule has 1 aliphatic rings. The molecule has 2 heterocycles. The van der Waals surface area contributed by atoms with Crippen molar-refractivity contribution in [2.45, 2.75) is 37.6 Å². The lowest BCUT2D eigenvalue weighted by molar-refractivity contribution is -0.132. The Hall–Kier alpha value is -2.24. The molecular formula is C16H14F6N4OS. The zero-order valence-corrected chi connectivity index (χ0v) is 15.1. The zero-order chi connectivity index (χ0) is 20.5. The van der Waals surface area contributed by atoms with Gasteiger partial charge in [0.25, 0.3) is 0 Å². The molecule has 1 amide bonds. The summed E-state index contributed by atoms with van der Waals surface area (Å²) in [6.07, 6.45) is 0.213. The van der Waals surface area contributed by atoms with Crippen molar-refractivity contribution < 1.29 is 30.6 Å². The smallest absolute Gasteiger partial charge is 0.333 e. The summed E-state index contributed by atoms with van der Waals surface area (Å²) in [6.45, 7) is 0.0131. The van der Waals surface area contributed by atoms with Gasteiger partial charge in [-0.3, -0.25) is 4.79 Å². The molecule has 12 heteroatoms. The van der Waals surface area contributed by atoms with E-state index in [2.05, 4.69) is 10.2 Å². The molecular weight excluding hydrogens is 410 g/mol. The molecule has 0 N–H and O–H groups in total. The first kappa shape index (κ1) is 20.5. The van der Waals surface area contributed by atoms with Gasteiger partial charge in [-0.15, -0.1) is 10.2 Å². The van der Waals surface area contributed by atoms with E-state index < -0.39 is 40.7 Å². The average molecular weight is 424 g/mol. The summed E-state index contributed by atoms with van der Waals surface area (Å²) in [5.41, 5.74) is -0.0410. The van der Waals surface area contributed by atoms with Crippen LogP contribution in [0.5, 0.6) is 0 Å². The molecule has 0 radical (unpaired) electrons. The molecule has 5 nitrogen and oxygen atoms in total. The molecule has 0 unspecified atom stereocenters. The van der Waals surface area contributed by atoms with Crippen molar-refractivity contribution in [3.05, 3.63) is 46.8 Å². The van der Waals surface area contributed by atoms with Crippen LogP contribution in [-0.4, -0.2) is 32.1 Å². The first-order valence-corrected chi connectivity index (χ1v) is 8.96. The van der Waals surface area contributed by atoms with Crippen molar-refractivity contribution in [1.29, 1.82) is 0 Å². The summed E-state index contributed by atoms with van der Waals surface area (Å²) in [5.74, 6) is -4.38. The second kappa shape index (κ2) is 8.02. The van der Waals surface area contributed by atoms with Gasteiger partial charge in [0, 0.05) is 25.6 Å². The van der Waals surface area contributed by atoms with Crippen LogP contribution < -0.4 is 0 Å². The summed E-state index contributed by atoms with van der Waals surface area (Å²) in [7, 11) is 0. The van der Waals surface area contributed by atoms with E-state index in [0.29, 0.717) is 6.07 Å². The number of alkyl halides is 2. The monoisotopic (exact) mass is 424 g/mol. The van der Waals surface area contributed by atoms with Crippen LogP contribution in [0, 0.1) is 17.5 Å². The number of amides is 1. The van der Waals surface area contributed by atoms with Crippen LogP contribution in [0.15, 0.2) is 12.1 Å². The van der Waals surface area contributed by atoms with E-state index in [-0.39, 0.29) is 56.2 Å². The van der Waals surface area contributed by atoms with Crippen LogP contribution in [0.1, 0.15) is 30.1 Å². The number of halogens is 6. The maximum atomic E-state index is 13.6. The molecule has 2 aromatic rings. The molecule has 0 saturated carbocycles. The summed E-state index contributed by atoms with van der Waals surface area (Å²) in [4.78, 5) is 13.7. The maximum absolute atomic E-state index is 13.6. The van der Waals surface area contributed by atoms with Gasteiger partial charge in [0.15, 0.2) is 17.5 Å². The minimum atomic E-state index is -3.83. The summed E-state index contributed by atoms with van der Waals surface area (Å²) >= 11 is -1.14. The molecule has 1 aromatic carbocycles. The number of aryl methyl sites for hydroxylation is 1. The van der Waals surface area contributed by atoms with Gasteiger partial charge in [-0.25, -0.2) is 13.2 Å². The number of hydrogen-bond donors (Lipinski definition) is 0. The van der Waals surface area contributed by atoms with E-state index in [4.69, 9.17) is 0 Å². The number of benzene rings is 1. The molecule has 1 aromatic heterocycles. The first-order valence-electron chi connectivity index (χ1n) is 8.24. The first-order chi connectivity index (χ1) is 13.2. The third-order valence-corrected chi connectivity index (χ3v) is 4.77. The average Bonchev–Trinajstić information content (AvgIpc) is 3.09.